The number of esters is 1. The number of cyclic esters (lactones) is 1. The molecule has 1 N–H and O–H groups in total. The Morgan fingerprint density at radius 3 is 2.73 bits per heavy atom. The quantitative estimate of drug-likeness (QED) is 0.520. The fourth-order valence-electron chi connectivity index (χ4n) is 1.74. The lowest BCUT2D eigenvalue weighted by Crippen LogP contribution is -2.15. The van der Waals surface area contributed by atoms with Crippen LogP contribution in [0.5, 0.6) is 0 Å². The monoisotopic (exact) mass is 212 g/mol. The van der Waals surface area contributed by atoms with Gasteiger partial charge in [-0.25, -0.2) is 4.79 Å². The van der Waals surface area contributed by atoms with Crippen LogP contribution in [0.1, 0.15) is 45.4 Å². The fourth-order valence-corrected chi connectivity index (χ4v) is 1.74. The molecule has 1 heterocycles. The van der Waals surface area contributed by atoms with E-state index in [1.807, 2.05) is 0 Å². The van der Waals surface area contributed by atoms with Gasteiger partial charge in [0.1, 0.15) is 6.61 Å². The molecule has 15 heavy (non-hydrogen) atoms. The fraction of sp³-hybridized carbons (Fsp3) is 0.750. The Bertz CT molecular complexity index is 233. The van der Waals surface area contributed by atoms with Gasteiger partial charge in [0.05, 0.1) is 11.7 Å². The van der Waals surface area contributed by atoms with Crippen molar-refractivity contribution in [3.63, 3.8) is 0 Å². The molecule has 1 aliphatic heterocycles. The van der Waals surface area contributed by atoms with E-state index in [9.17, 15) is 9.90 Å². The molecule has 0 aromatic carbocycles. The summed E-state index contributed by atoms with van der Waals surface area (Å²) < 4.78 is 4.74. The molecular formula is C12H20O3. The maximum Gasteiger partial charge on any atom is 0.336 e. The van der Waals surface area contributed by atoms with Crippen molar-refractivity contribution in [2.75, 3.05) is 6.61 Å². The lowest BCUT2D eigenvalue weighted by Gasteiger charge is -2.09. The minimum atomic E-state index is -0.623. The highest BCUT2D eigenvalue weighted by Gasteiger charge is 2.23. The molecule has 0 aromatic rings. The molecule has 3 heteroatoms. The van der Waals surface area contributed by atoms with Crippen LogP contribution in [0.3, 0.4) is 0 Å². The summed E-state index contributed by atoms with van der Waals surface area (Å²) in [6, 6.07) is 0. The highest BCUT2D eigenvalue weighted by atomic mass is 16.5. The molecule has 0 radical (unpaired) electrons. The van der Waals surface area contributed by atoms with Gasteiger partial charge in [-0.15, -0.1) is 0 Å². The number of hydrogen-bond acceptors (Lipinski definition) is 3. The molecule has 3 nitrogen and oxygen atoms in total. The Balaban J connectivity index is 2.13. The van der Waals surface area contributed by atoms with Crippen molar-refractivity contribution in [2.24, 2.45) is 0 Å². The van der Waals surface area contributed by atoms with Crippen molar-refractivity contribution in [2.45, 2.75) is 51.6 Å². The van der Waals surface area contributed by atoms with Gasteiger partial charge in [-0.2, -0.15) is 0 Å². The molecule has 1 aliphatic rings. The molecule has 0 aliphatic carbocycles. The van der Waals surface area contributed by atoms with Crippen LogP contribution in [0.2, 0.25) is 0 Å². The van der Waals surface area contributed by atoms with Crippen molar-refractivity contribution < 1.29 is 14.6 Å². The molecule has 1 rings (SSSR count). The number of hydrogen-bond donors (Lipinski definition) is 1. The van der Waals surface area contributed by atoms with Gasteiger partial charge in [-0.3, -0.25) is 0 Å². The van der Waals surface area contributed by atoms with E-state index in [0.717, 1.165) is 12.8 Å². The number of aliphatic hydroxyl groups is 1. The standard InChI is InChI=1S/C12H20O3/c1-2-3-4-5-6-7-11(13)10-8-9-15-12(10)14/h8,11,13H,2-7,9H2,1H3. The van der Waals surface area contributed by atoms with E-state index in [4.69, 9.17) is 4.74 Å². The maximum absolute atomic E-state index is 11.1. The summed E-state index contributed by atoms with van der Waals surface area (Å²) in [6.07, 6.45) is 7.53. The number of ether oxygens (including phenoxy) is 1. The van der Waals surface area contributed by atoms with Gasteiger partial charge in [0, 0.05) is 0 Å². The number of carbonyl (C=O) groups excluding carboxylic acids is 1. The zero-order valence-electron chi connectivity index (χ0n) is 9.37. The van der Waals surface area contributed by atoms with Gasteiger partial charge >= 0.3 is 5.97 Å². The summed E-state index contributed by atoms with van der Waals surface area (Å²) in [6.45, 7) is 2.50. The Morgan fingerprint density at radius 2 is 2.13 bits per heavy atom. The molecule has 0 saturated carbocycles. The van der Waals surface area contributed by atoms with E-state index >= 15 is 0 Å². The summed E-state index contributed by atoms with van der Waals surface area (Å²) >= 11 is 0. The summed E-state index contributed by atoms with van der Waals surface area (Å²) in [7, 11) is 0. The third-order valence-corrected chi connectivity index (χ3v) is 2.69. The van der Waals surface area contributed by atoms with Crippen LogP contribution >= 0.6 is 0 Å². The molecule has 1 atom stereocenters. The van der Waals surface area contributed by atoms with Crippen molar-refractivity contribution in [1.29, 1.82) is 0 Å². The summed E-state index contributed by atoms with van der Waals surface area (Å²) in [5.74, 6) is -0.351. The average Bonchev–Trinajstić information content (AvgIpc) is 2.64. The van der Waals surface area contributed by atoms with Crippen LogP contribution in [0.15, 0.2) is 11.6 Å². The lowest BCUT2D eigenvalue weighted by molar-refractivity contribution is -0.136. The topological polar surface area (TPSA) is 46.5 Å². The summed E-state index contributed by atoms with van der Waals surface area (Å²) in [4.78, 5) is 11.1. The van der Waals surface area contributed by atoms with Crippen molar-refractivity contribution >= 4 is 5.97 Å². The first-order chi connectivity index (χ1) is 7.25. The van der Waals surface area contributed by atoms with Gasteiger partial charge in [-0.1, -0.05) is 39.0 Å². The number of rotatable bonds is 7. The van der Waals surface area contributed by atoms with Gasteiger partial charge in [-0.05, 0) is 12.5 Å². The third kappa shape index (κ3) is 4.04. The van der Waals surface area contributed by atoms with Crippen molar-refractivity contribution in [3.05, 3.63) is 11.6 Å². The van der Waals surface area contributed by atoms with Gasteiger partial charge in [0.2, 0.25) is 0 Å². The van der Waals surface area contributed by atoms with Crippen LogP contribution in [-0.4, -0.2) is 23.8 Å². The summed E-state index contributed by atoms with van der Waals surface area (Å²) in [5.41, 5.74) is 0.450. The molecule has 0 aromatic heterocycles. The predicted molar refractivity (Wildman–Crippen MR) is 58.4 cm³/mol. The van der Waals surface area contributed by atoms with Crippen LogP contribution in [-0.2, 0) is 9.53 Å². The smallest absolute Gasteiger partial charge is 0.336 e. The maximum atomic E-state index is 11.1. The minimum absolute atomic E-state index is 0.320. The SMILES string of the molecule is CCCCCCCC(O)C1=CCOC1=O. The zero-order valence-corrected chi connectivity index (χ0v) is 9.37. The largest absolute Gasteiger partial charge is 0.458 e. The van der Waals surface area contributed by atoms with E-state index in [-0.39, 0.29) is 5.97 Å². The predicted octanol–water partition coefficient (Wildman–Crippen LogP) is 2.19. The van der Waals surface area contributed by atoms with E-state index in [2.05, 4.69) is 6.92 Å². The van der Waals surface area contributed by atoms with Gasteiger partial charge < -0.3 is 9.84 Å². The minimum Gasteiger partial charge on any atom is -0.458 e. The zero-order chi connectivity index (χ0) is 11.1. The van der Waals surface area contributed by atoms with Crippen LogP contribution in [0.4, 0.5) is 0 Å². The van der Waals surface area contributed by atoms with Crippen LogP contribution in [0, 0.1) is 0 Å². The second kappa shape index (κ2) is 6.62. The molecule has 1 unspecified atom stereocenters. The molecule has 0 bridgehead atoms. The molecule has 86 valence electrons. The van der Waals surface area contributed by atoms with Crippen molar-refractivity contribution in [1.82, 2.24) is 0 Å². The summed E-state index contributed by atoms with van der Waals surface area (Å²) in [5, 5.41) is 9.71. The highest BCUT2D eigenvalue weighted by molar-refractivity contribution is 5.91. The molecule has 0 amide bonds. The Labute approximate surface area is 91.1 Å². The lowest BCUT2D eigenvalue weighted by atomic mass is 10.0. The first-order valence-electron chi connectivity index (χ1n) is 5.81. The van der Waals surface area contributed by atoms with E-state index in [0.29, 0.717) is 18.6 Å². The first-order valence-corrected chi connectivity index (χ1v) is 5.81. The number of unbranched alkanes of at least 4 members (excludes halogenated alkanes) is 4. The Hall–Kier alpha value is -0.830. The normalized spacial score (nSPS) is 17.5. The van der Waals surface area contributed by atoms with Gasteiger partial charge in [0.15, 0.2) is 0 Å². The van der Waals surface area contributed by atoms with Crippen LogP contribution in [0.25, 0.3) is 0 Å². The van der Waals surface area contributed by atoms with Gasteiger partial charge in [0.25, 0.3) is 0 Å². The van der Waals surface area contributed by atoms with E-state index < -0.39 is 6.10 Å². The van der Waals surface area contributed by atoms with E-state index in [1.54, 1.807) is 6.08 Å². The molecule has 0 spiro atoms. The van der Waals surface area contributed by atoms with E-state index in [1.165, 1.54) is 19.3 Å². The van der Waals surface area contributed by atoms with Crippen molar-refractivity contribution in [3.8, 4) is 0 Å². The highest BCUT2D eigenvalue weighted by Crippen LogP contribution is 2.17. The second-order valence-electron chi connectivity index (χ2n) is 3.98. The van der Waals surface area contributed by atoms with Crippen LogP contribution < -0.4 is 0 Å². The average molecular weight is 212 g/mol. The first kappa shape index (κ1) is 12.2. The molecule has 0 saturated heterocycles. The second-order valence-corrected chi connectivity index (χ2v) is 3.98. The molecule has 0 fully saturated rings. The third-order valence-electron chi connectivity index (χ3n) is 2.69. The number of aliphatic hydroxyl groups excluding tert-OH is 1. The number of carbonyl (C=O) groups is 1. The Kier molecular flexibility index (Phi) is 5.40. The Morgan fingerprint density at radius 1 is 1.40 bits per heavy atom. The molecular weight excluding hydrogens is 192 g/mol.